The average Bonchev–Trinajstić information content (AvgIpc) is 1.65. The number of nitrogens with zero attached hydrogens (tertiary/aromatic N) is 6. The van der Waals surface area contributed by atoms with Crippen LogP contribution in [-0.4, -0.2) is 156 Å². The minimum absolute atomic E-state index is 0.0233. The van der Waals surface area contributed by atoms with Gasteiger partial charge in [-0.2, -0.15) is 0 Å². The van der Waals surface area contributed by atoms with Crippen LogP contribution in [0.15, 0.2) is 206 Å². The predicted octanol–water partition coefficient (Wildman–Crippen LogP) is 24.2. The molecular formula is C124H150F4N6O15. The standard InChI is InChI=1S/C22H27NO4.C21H26FNO3.2C21H26FNO2.C20H23NO3.C19H22FNO/c1-14(2)27-20-8-16(6-7-19(20)24)5-4-15(3)23-11-17-9-21-22(26-13-25-21)10-18(17)12-23;1-15(23-13-17-6-7-19(22)12-18(17)14-23)3-4-16-5-8-20(26-10-9-24)21(11-16)25-2;1-14(2)25-21-11-16(9-10-20(21)24)8-7-15(3)23-12-17-5-4-6-19(22)18(17)13-23;1-15-11-17(5-8-21(15)25-10-9-24)4-3-16(2)23-13-18-6-7-20(22)12-19(18)14-23;1-13-7-15(5-6-18(13)22)4-3-14(2)21-10-16-8-19-20(24-12-23-19)9-17(16)11-21;1-13-9-15(5-8-19(13)22)4-3-14(2)21-11-16-6-7-18(20)10-17(16)12-21/h6-10,14-15,24H,4-5,11-13H2,1-3H3;5-8,11-12,15,24H,3-4,9-10,13-14H2,1-2H3;4-6,9-11,14-15,24H,7-8,12-13H2,1-3H3;5-8,11-12,16,24H,3-4,9-10,13-14H2,1-2H3;5-9,14,22H,3-4,10-12H2,1-2H3;5-10,14,22H,3-4,11-12H2,1-2H3/t3*15-;16-;2*14-/m111111/s1. The number of hydrogen-bond acceptors (Lipinski definition) is 21. The van der Waals surface area contributed by atoms with E-state index in [1.54, 1.807) is 79.9 Å². The van der Waals surface area contributed by atoms with Gasteiger partial charge in [0.05, 0.1) is 32.5 Å². The molecule has 0 spiro atoms. The molecule has 0 unspecified atom stereocenters. The molecule has 20 rings (SSSR count). The summed E-state index contributed by atoms with van der Waals surface area (Å²) in [7, 11) is 1.62. The SMILES string of the molecule is CC(C)Oc1cc(CC[C@@H](C)N2Cc3cc4c(cc3C2)OCO4)ccc1O.CC(C)Oc1cc(CC[C@@H](C)N2Cc3cccc(F)c3C2)ccc1O.COc1cc(CC[C@@H](C)N2Cc3ccc(F)cc3C2)ccc1OCCO.Cc1cc(CC[C@@H](C)N2Cc3cc4c(cc3C2)OCO4)ccc1O.Cc1cc(CC[C@@H](C)N2Cc3ccc(F)cc3C2)ccc1O.Cc1cc(CC[C@@H](C)N2Cc3ccc(F)cc3C2)ccc1OCCO. The van der Waals surface area contributed by atoms with Crippen LogP contribution in [0.5, 0.6) is 74.7 Å². The molecule has 6 N–H and O–H groups in total. The van der Waals surface area contributed by atoms with Crippen LogP contribution in [0.1, 0.15) is 225 Å². The summed E-state index contributed by atoms with van der Waals surface area (Å²) in [5, 5.41) is 56.8. The number of benzene rings is 12. The minimum atomic E-state index is -0.158. The molecule has 12 aromatic carbocycles. The van der Waals surface area contributed by atoms with Gasteiger partial charge in [0.1, 0.15) is 53.7 Å². The summed E-state index contributed by atoms with van der Waals surface area (Å²) >= 11 is 0. The highest BCUT2D eigenvalue weighted by Gasteiger charge is 2.33. The highest BCUT2D eigenvalue weighted by molar-refractivity contribution is 5.53. The van der Waals surface area contributed by atoms with Crippen LogP contribution in [0.25, 0.3) is 0 Å². The van der Waals surface area contributed by atoms with Crippen molar-refractivity contribution < 1.29 is 90.8 Å². The predicted molar refractivity (Wildman–Crippen MR) is 576 cm³/mol. The number of fused-ring (bicyclic) bond motifs is 8. The second kappa shape index (κ2) is 52.3. The van der Waals surface area contributed by atoms with Gasteiger partial charge >= 0.3 is 0 Å². The maximum atomic E-state index is 13.9. The number of phenolic OH excluding ortho intramolecular Hbond substituents is 4. The first kappa shape index (κ1) is 111. The lowest BCUT2D eigenvalue weighted by atomic mass is 10.0. The number of phenols is 4. The highest BCUT2D eigenvalue weighted by Crippen LogP contribution is 2.44. The molecule has 21 nitrogen and oxygen atoms in total. The number of halogens is 4. The molecular weight excluding hydrogens is 1890 g/mol. The molecule has 8 aliphatic heterocycles. The van der Waals surface area contributed by atoms with Crippen molar-refractivity contribution >= 4 is 0 Å². The molecule has 0 fully saturated rings. The fourth-order valence-electron chi connectivity index (χ4n) is 20.6. The van der Waals surface area contributed by atoms with Crippen LogP contribution in [-0.2, 0) is 117 Å². The Labute approximate surface area is 877 Å². The van der Waals surface area contributed by atoms with Gasteiger partial charge in [-0.1, -0.05) is 84.9 Å². The largest absolute Gasteiger partial charge is 0.508 e. The van der Waals surface area contributed by atoms with Gasteiger partial charge in [-0.25, -0.2) is 17.6 Å². The Morgan fingerprint density at radius 3 is 0.879 bits per heavy atom. The third-order valence-corrected chi connectivity index (χ3v) is 29.9. The zero-order chi connectivity index (χ0) is 106. The summed E-state index contributed by atoms with van der Waals surface area (Å²) in [6, 6.07) is 66.9. The number of ether oxygens (including phenoxy) is 9. The van der Waals surface area contributed by atoms with Crippen molar-refractivity contribution in [3.8, 4) is 74.7 Å². The highest BCUT2D eigenvalue weighted by atomic mass is 19.1. The van der Waals surface area contributed by atoms with E-state index in [0.717, 1.165) is 228 Å². The van der Waals surface area contributed by atoms with Crippen molar-refractivity contribution in [2.75, 3.05) is 47.1 Å². The molecule has 25 heteroatoms. The maximum Gasteiger partial charge on any atom is 0.231 e. The quantitative estimate of drug-likeness (QED) is 0.0203. The Balaban J connectivity index is 0.000000134. The number of aromatic hydroxyl groups is 4. The summed E-state index contributed by atoms with van der Waals surface area (Å²) in [6.45, 7) is 38.9. The molecule has 0 amide bonds. The van der Waals surface area contributed by atoms with Crippen LogP contribution in [0.4, 0.5) is 17.6 Å². The van der Waals surface area contributed by atoms with Gasteiger partial charge in [-0.05, 0) is 400 Å². The molecule has 794 valence electrons. The smallest absolute Gasteiger partial charge is 0.231 e. The molecule has 0 aliphatic carbocycles. The average molecular weight is 2040 g/mol. The van der Waals surface area contributed by atoms with E-state index in [1.807, 2.05) is 133 Å². The molecule has 8 aliphatic rings. The summed E-state index contributed by atoms with van der Waals surface area (Å²) in [5.41, 5.74) is 24.7. The number of aryl methyl sites for hydroxylation is 9. The zero-order valence-corrected chi connectivity index (χ0v) is 89.0. The second-order valence-corrected chi connectivity index (χ2v) is 41.7. The first-order chi connectivity index (χ1) is 71.7. The van der Waals surface area contributed by atoms with E-state index < -0.39 is 0 Å². The normalized spacial score (nSPS) is 15.8. The molecule has 149 heavy (non-hydrogen) atoms. The van der Waals surface area contributed by atoms with Crippen molar-refractivity contribution in [2.45, 2.75) is 294 Å². The fourth-order valence-corrected chi connectivity index (χ4v) is 20.6. The summed E-state index contributed by atoms with van der Waals surface area (Å²) < 4.78 is 104. The number of methoxy groups -OCH3 is 1. The topological polar surface area (TPSA) is 224 Å². The third kappa shape index (κ3) is 30.2. The van der Waals surface area contributed by atoms with Crippen LogP contribution < -0.4 is 42.6 Å². The Kier molecular flexibility index (Phi) is 38.8. The van der Waals surface area contributed by atoms with Crippen LogP contribution in [0, 0.1) is 44.0 Å². The lowest BCUT2D eigenvalue weighted by Gasteiger charge is -2.24. The van der Waals surface area contributed by atoms with E-state index >= 15 is 0 Å². The monoisotopic (exact) mass is 2040 g/mol. The summed E-state index contributed by atoms with van der Waals surface area (Å²) in [4.78, 5) is 14.5. The van der Waals surface area contributed by atoms with Gasteiger partial charge in [0.15, 0.2) is 57.5 Å². The number of aliphatic hydroxyl groups excluding tert-OH is 2. The molecule has 6 atom stereocenters. The number of rotatable bonds is 35. The minimum Gasteiger partial charge on any atom is -0.508 e. The van der Waals surface area contributed by atoms with Crippen molar-refractivity contribution in [1.29, 1.82) is 0 Å². The molecule has 12 aromatic rings. The van der Waals surface area contributed by atoms with E-state index in [9.17, 15) is 38.0 Å². The van der Waals surface area contributed by atoms with Gasteiger partial charge in [-0.15, -0.1) is 0 Å². The van der Waals surface area contributed by atoms with Gasteiger partial charge < -0.3 is 73.3 Å². The number of hydrogen-bond donors (Lipinski definition) is 6. The first-order valence-corrected chi connectivity index (χ1v) is 52.9. The Morgan fingerprint density at radius 2 is 0.564 bits per heavy atom. The van der Waals surface area contributed by atoms with E-state index in [2.05, 4.69) is 119 Å². The van der Waals surface area contributed by atoms with Crippen molar-refractivity contribution in [1.82, 2.24) is 29.4 Å². The van der Waals surface area contributed by atoms with Crippen molar-refractivity contribution in [3.63, 3.8) is 0 Å². The van der Waals surface area contributed by atoms with Crippen molar-refractivity contribution in [2.24, 2.45) is 0 Å². The van der Waals surface area contributed by atoms with Crippen LogP contribution in [0.3, 0.4) is 0 Å². The van der Waals surface area contributed by atoms with Crippen LogP contribution in [0.2, 0.25) is 0 Å². The van der Waals surface area contributed by atoms with E-state index in [4.69, 9.17) is 52.8 Å². The van der Waals surface area contributed by atoms with Gasteiger partial charge in [0, 0.05) is 120 Å². The Morgan fingerprint density at radius 1 is 0.282 bits per heavy atom. The number of aliphatic hydroxyl groups is 2. The van der Waals surface area contributed by atoms with E-state index in [-0.39, 0.29) is 66.8 Å². The second-order valence-electron chi connectivity index (χ2n) is 41.7. The van der Waals surface area contributed by atoms with Gasteiger partial charge in [-0.3, -0.25) is 29.4 Å². The molecule has 0 radical (unpaired) electrons. The zero-order valence-electron chi connectivity index (χ0n) is 89.0. The van der Waals surface area contributed by atoms with E-state index in [0.29, 0.717) is 97.5 Å². The molecule has 0 saturated heterocycles. The van der Waals surface area contributed by atoms with Crippen LogP contribution >= 0.6 is 0 Å². The van der Waals surface area contributed by atoms with Gasteiger partial charge in [0.25, 0.3) is 0 Å². The van der Waals surface area contributed by atoms with E-state index in [1.165, 1.54) is 66.8 Å². The summed E-state index contributed by atoms with van der Waals surface area (Å²) in [6.07, 6.45) is 12.1. The Hall–Kier alpha value is -12.6. The molecule has 0 aromatic heterocycles. The lowest BCUT2D eigenvalue weighted by Crippen LogP contribution is -2.28. The molecule has 8 heterocycles. The summed E-state index contributed by atoms with van der Waals surface area (Å²) in [5.74, 6) is 7.33. The van der Waals surface area contributed by atoms with Gasteiger partial charge in [0.2, 0.25) is 13.6 Å². The molecule has 0 saturated carbocycles. The third-order valence-electron chi connectivity index (χ3n) is 29.9. The lowest BCUT2D eigenvalue weighted by molar-refractivity contribution is 0.173. The maximum absolute atomic E-state index is 13.9. The fraction of sp³-hybridized carbons (Fsp3) is 0.419. The Bertz CT molecular complexity index is 6440. The first-order valence-electron chi connectivity index (χ1n) is 52.9. The van der Waals surface area contributed by atoms with Crippen molar-refractivity contribution in [3.05, 3.63) is 346 Å². The molecule has 0 bridgehead atoms.